The van der Waals surface area contributed by atoms with E-state index in [9.17, 15) is 14.4 Å². The molecule has 0 atom stereocenters. The van der Waals surface area contributed by atoms with Crippen LogP contribution in [0.4, 0.5) is 5.69 Å². The van der Waals surface area contributed by atoms with Crippen LogP contribution >= 0.6 is 23.4 Å². The van der Waals surface area contributed by atoms with Gasteiger partial charge in [-0.1, -0.05) is 11.6 Å². The molecular formula is C20H17ClN2O4S. The molecule has 0 saturated carbocycles. The highest BCUT2D eigenvalue weighted by Gasteiger charge is 2.24. The van der Waals surface area contributed by atoms with Gasteiger partial charge in [0.15, 0.2) is 5.75 Å². The predicted molar refractivity (Wildman–Crippen MR) is 112 cm³/mol. The van der Waals surface area contributed by atoms with Crippen molar-refractivity contribution in [3.8, 4) is 5.75 Å². The van der Waals surface area contributed by atoms with Gasteiger partial charge in [0.1, 0.15) is 5.56 Å². The Morgan fingerprint density at radius 1 is 1.14 bits per heavy atom. The number of carbonyl (C=O) groups excluding carboxylic acids is 2. The molecule has 1 aromatic heterocycles. The van der Waals surface area contributed by atoms with Gasteiger partial charge in [0.25, 0.3) is 11.5 Å². The number of hydrogen-bond acceptors (Lipinski definition) is 5. The van der Waals surface area contributed by atoms with Gasteiger partial charge in [0.05, 0.1) is 5.52 Å². The maximum absolute atomic E-state index is 12.9. The van der Waals surface area contributed by atoms with Crippen molar-refractivity contribution in [3.05, 3.63) is 63.4 Å². The number of aryl methyl sites for hydroxylation is 1. The van der Waals surface area contributed by atoms with Crippen LogP contribution in [-0.4, -0.2) is 22.7 Å². The number of thioether (sulfide) groups is 1. The number of nitrogens with one attached hydrogen (secondary N) is 1. The van der Waals surface area contributed by atoms with Gasteiger partial charge in [0, 0.05) is 35.0 Å². The maximum Gasteiger partial charge on any atom is 0.308 e. The number of rotatable bonds is 4. The average molecular weight is 417 g/mol. The molecule has 0 saturated heterocycles. The van der Waals surface area contributed by atoms with Crippen LogP contribution < -0.4 is 15.6 Å². The molecule has 1 N–H and O–H groups in total. The van der Waals surface area contributed by atoms with Gasteiger partial charge in [-0.15, -0.1) is 11.8 Å². The Bertz CT molecular complexity index is 1140. The Kier molecular flexibility index (Phi) is 5.76. The van der Waals surface area contributed by atoms with Crippen molar-refractivity contribution in [1.82, 2.24) is 4.57 Å². The van der Waals surface area contributed by atoms with Crippen molar-refractivity contribution >= 4 is 51.8 Å². The third-order valence-electron chi connectivity index (χ3n) is 4.13. The Hall–Kier alpha value is -2.77. The lowest BCUT2D eigenvalue weighted by Crippen LogP contribution is -2.29. The fourth-order valence-electron chi connectivity index (χ4n) is 2.80. The van der Waals surface area contributed by atoms with Crippen molar-refractivity contribution in [2.45, 2.75) is 11.8 Å². The van der Waals surface area contributed by atoms with Crippen molar-refractivity contribution in [2.75, 3.05) is 11.6 Å². The SMILES string of the molecule is CSc1ccc2c(c1)c(OC(C)=O)c(C(=O)Nc1ccc(Cl)cc1)c(=O)n2C. The Morgan fingerprint density at radius 3 is 2.43 bits per heavy atom. The summed E-state index contributed by atoms with van der Waals surface area (Å²) in [5.41, 5.74) is 0.218. The van der Waals surface area contributed by atoms with Crippen LogP contribution in [0.2, 0.25) is 5.02 Å². The van der Waals surface area contributed by atoms with Crippen LogP contribution in [0.5, 0.6) is 5.75 Å². The summed E-state index contributed by atoms with van der Waals surface area (Å²) in [6, 6.07) is 11.9. The number of halogens is 1. The lowest BCUT2D eigenvalue weighted by molar-refractivity contribution is -0.131. The van der Waals surface area contributed by atoms with Crippen molar-refractivity contribution in [1.29, 1.82) is 0 Å². The minimum absolute atomic E-state index is 0.0482. The number of nitrogens with zero attached hydrogens (tertiary/aromatic N) is 1. The first-order valence-corrected chi connectivity index (χ1v) is 9.88. The highest BCUT2D eigenvalue weighted by atomic mass is 35.5. The van der Waals surface area contributed by atoms with Crippen LogP contribution in [0.25, 0.3) is 10.9 Å². The second-order valence-electron chi connectivity index (χ2n) is 6.01. The van der Waals surface area contributed by atoms with Gasteiger partial charge in [-0.3, -0.25) is 14.4 Å². The molecule has 0 aliphatic heterocycles. The largest absolute Gasteiger partial charge is 0.425 e. The summed E-state index contributed by atoms with van der Waals surface area (Å²) in [7, 11) is 1.57. The monoisotopic (exact) mass is 416 g/mol. The topological polar surface area (TPSA) is 77.4 Å². The average Bonchev–Trinajstić information content (AvgIpc) is 2.67. The van der Waals surface area contributed by atoms with Crippen LogP contribution in [0.1, 0.15) is 17.3 Å². The normalized spacial score (nSPS) is 10.7. The third kappa shape index (κ3) is 3.90. The van der Waals surface area contributed by atoms with Crippen molar-refractivity contribution in [2.24, 2.45) is 7.05 Å². The van der Waals surface area contributed by atoms with E-state index in [4.69, 9.17) is 16.3 Å². The minimum atomic E-state index is -0.671. The Labute approximate surface area is 170 Å². The molecule has 0 aliphatic carbocycles. The van der Waals surface area contributed by atoms with Gasteiger partial charge in [0.2, 0.25) is 0 Å². The Morgan fingerprint density at radius 2 is 1.82 bits per heavy atom. The number of pyridine rings is 1. The lowest BCUT2D eigenvalue weighted by atomic mass is 10.1. The van der Waals surface area contributed by atoms with E-state index in [-0.39, 0.29) is 11.3 Å². The van der Waals surface area contributed by atoms with Gasteiger partial charge in [-0.2, -0.15) is 0 Å². The number of carbonyl (C=O) groups is 2. The van der Waals surface area contributed by atoms with E-state index < -0.39 is 17.4 Å². The molecule has 8 heteroatoms. The van der Waals surface area contributed by atoms with Crippen molar-refractivity contribution in [3.63, 3.8) is 0 Å². The van der Waals surface area contributed by atoms with Gasteiger partial charge in [-0.05, 0) is 48.7 Å². The van der Waals surface area contributed by atoms with E-state index in [1.54, 1.807) is 43.4 Å². The molecule has 0 spiro atoms. The number of fused-ring (bicyclic) bond motifs is 1. The quantitative estimate of drug-likeness (QED) is 0.512. The summed E-state index contributed by atoms with van der Waals surface area (Å²) < 4.78 is 6.69. The van der Waals surface area contributed by atoms with Crippen molar-refractivity contribution < 1.29 is 14.3 Å². The summed E-state index contributed by atoms with van der Waals surface area (Å²) in [6.45, 7) is 1.22. The molecule has 6 nitrogen and oxygen atoms in total. The van der Waals surface area contributed by atoms with Gasteiger partial charge in [-0.25, -0.2) is 0 Å². The number of amides is 1. The highest BCUT2D eigenvalue weighted by Crippen LogP contribution is 2.31. The van der Waals surface area contributed by atoms with E-state index in [1.165, 1.54) is 23.3 Å². The fraction of sp³-hybridized carbons (Fsp3) is 0.150. The van der Waals surface area contributed by atoms with E-state index >= 15 is 0 Å². The standard InChI is InChI=1S/C20H17ClN2O4S/c1-11(24)27-18-15-10-14(28-3)8-9-16(15)23(2)20(26)17(18)19(25)22-13-6-4-12(21)5-7-13/h4-10H,1-3H3,(H,22,25). The molecule has 144 valence electrons. The predicted octanol–water partition coefficient (Wildman–Crippen LogP) is 4.09. The minimum Gasteiger partial charge on any atom is -0.425 e. The first-order chi connectivity index (χ1) is 13.3. The summed E-state index contributed by atoms with van der Waals surface area (Å²) in [5, 5.41) is 3.68. The number of esters is 1. The zero-order valence-electron chi connectivity index (χ0n) is 15.4. The van der Waals surface area contributed by atoms with Crippen LogP contribution in [0.3, 0.4) is 0 Å². The molecule has 0 radical (unpaired) electrons. The van der Waals surface area contributed by atoms with E-state index in [0.29, 0.717) is 21.6 Å². The fourth-order valence-corrected chi connectivity index (χ4v) is 3.37. The molecule has 0 fully saturated rings. The van der Waals surface area contributed by atoms with Crippen LogP contribution in [-0.2, 0) is 11.8 Å². The Balaban J connectivity index is 2.22. The number of ether oxygens (including phenoxy) is 1. The number of hydrogen-bond donors (Lipinski definition) is 1. The summed E-state index contributed by atoms with van der Waals surface area (Å²) in [4.78, 5) is 38.4. The third-order valence-corrected chi connectivity index (χ3v) is 5.11. The molecule has 28 heavy (non-hydrogen) atoms. The summed E-state index contributed by atoms with van der Waals surface area (Å²) in [6.07, 6.45) is 1.91. The molecule has 2 aromatic carbocycles. The van der Waals surface area contributed by atoms with E-state index in [2.05, 4.69) is 5.32 Å². The summed E-state index contributed by atoms with van der Waals surface area (Å²) in [5.74, 6) is -1.34. The molecule has 0 bridgehead atoms. The molecule has 1 heterocycles. The van der Waals surface area contributed by atoms with Crippen LogP contribution in [0.15, 0.2) is 52.2 Å². The second kappa shape index (κ2) is 8.08. The summed E-state index contributed by atoms with van der Waals surface area (Å²) >= 11 is 7.36. The molecule has 3 rings (SSSR count). The molecule has 1 amide bonds. The highest BCUT2D eigenvalue weighted by molar-refractivity contribution is 7.98. The lowest BCUT2D eigenvalue weighted by Gasteiger charge is -2.15. The van der Waals surface area contributed by atoms with Gasteiger partial charge >= 0.3 is 5.97 Å². The molecular weight excluding hydrogens is 400 g/mol. The first-order valence-electron chi connectivity index (χ1n) is 8.28. The number of benzene rings is 2. The van der Waals surface area contributed by atoms with Gasteiger partial charge < -0.3 is 14.6 Å². The number of aromatic nitrogens is 1. The van der Waals surface area contributed by atoms with E-state index in [1.807, 2.05) is 12.3 Å². The molecule has 3 aromatic rings. The smallest absolute Gasteiger partial charge is 0.308 e. The molecule has 0 aliphatic rings. The zero-order valence-corrected chi connectivity index (χ0v) is 17.0. The first kappa shape index (κ1) is 20.0. The zero-order chi connectivity index (χ0) is 20.4. The van der Waals surface area contributed by atoms with E-state index in [0.717, 1.165) is 4.90 Å². The second-order valence-corrected chi connectivity index (χ2v) is 7.32. The van der Waals surface area contributed by atoms with Crippen LogP contribution in [0, 0.1) is 0 Å². The number of anilines is 1. The maximum atomic E-state index is 12.9. The molecule has 0 unspecified atom stereocenters.